The fourth-order valence-electron chi connectivity index (χ4n) is 1.74. The zero-order valence-corrected chi connectivity index (χ0v) is 13.3. The van der Waals surface area contributed by atoms with Crippen molar-refractivity contribution in [2.75, 3.05) is 25.5 Å². The summed E-state index contributed by atoms with van der Waals surface area (Å²) in [5.41, 5.74) is 0.851. The first-order valence-corrected chi connectivity index (χ1v) is 7.11. The monoisotopic (exact) mass is 303 g/mol. The van der Waals surface area contributed by atoms with Gasteiger partial charge in [-0.05, 0) is 32.9 Å². The van der Waals surface area contributed by atoms with E-state index in [0.717, 1.165) is 5.52 Å². The lowest BCUT2D eigenvalue weighted by atomic mass is 10.2. The van der Waals surface area contributed by atoms with Gasteiger partial charge in [0.25, 0.3) is 0 Å². The third-order valence-electron chi connectivity index (χ3n) is 2.79. The average Bonchev–Trinajstić information content (AvgIpc) is 2.45. The number of hydrogen-bond acceptors (Lipinski definition) is 6. The van der Waals surface area contributed by atoms with Crippen molar-refractivity contribution in [2.45, 2.75) is 26.4 Å². The van der Waals surface area contributed by atoms with Crippen molar-refractivity contribution in [3.8, 4) is 0 Å². The number of carbonyl (C=O) groups is 1. The van der Waals surface area contributed by atoms with Crippen molar-refractivity contribution in [3.63, 3.8) is 0 Å². The Balaban J connectivity index is 1.85. The molecule has 0 aliphatic heterocycles. The Labute approximate surface area is 129 Å². The van der Waals surface area contributed by atoms with Gasteiger partial charge < -0.3 is 15.0 Å². The van der Waals surface area contributed by atoms with Gasteiger partial charge in [-0.25, -0.2) is 14.8 Å². The highest BCUT2D eigenvalue weighted by Gasteiger charge is 2.19. The molecule has 2 heterocycles. The number of amides is 1. The average molecular weight is 303 g/mol. The minimum Gasteiger partial charge on any atom is -0.444 e. The summed E-state index contributed by atoms with van der Waals surface area (Å²) in [6.07, 6.45) is 2.90. The van der Waals surface area contributed by atoms with Crippen molar-refractivity contribution in [3.05, 3.63) is 24.5 Å². The van der Waals surface area contributed by atoms with Crippen LogP contribution >= 0.6 is 0 Å². The van der Waals surface area contributed by atoms with Crippen LogP contribution in [0.1, 0.15) is 20.8 Å². The van der Waals surface area contributed by atoms with Gasteiger partial charge in [0.15, 0.2) is 5.65 Å². The zero-order valence-electron chi connectivity index (χ0n) is 13.3. The minimum atomic E-state index is -0.489. The SMILES string of the molecule is CN(CCNc1ccc2nccnc2n1)C(=O)OC(C)(C)C. The van der Waals surface area contributed by atoms with E-state index in [1.807, 2.05) is 32.9 Å². The third kappa shape index (κ3) is 4.54. The normalized spacial score (nSPS) is 11.3. The molecule has 118 valence electrons. The predicted octanol–water partition coefficient (Wildman–Crippen LogP) is 2.30. The molecule has 2 aromatic heterocycles. The molecule has 7 heteroatoms. The maximum Gasteiger partial charge on any atom is 0.410 e. The predicted molar refractivity (Wildman–Crippen MR) is 84.7 cm³/mol. The Hall–Kier alpha value is -2.44. The first-order valence-electron chi connectivity index (χ1n) is 7.11. The van der Waals surface area contributed by atoms with E-state index in [4.69, 9.17) is 4.74 Å². The maximum absolute atomic E-state index is 11.8. The van der Waals surface area contributed by atoms with Gasteiger partial charge >= 0.3 is 6.09 Å². The minimum absolute atomic E-state index is 0.341. The second-order valence-electron chi connectivity index (χ2n) is 5.92. The number of likely N-dealkylation sites (N-methyl/N-ethyl adjacent to an activating group) is 1. The van der Waals surface area contributed by atoms with Crippen molar-refractivity contribution >= 4 is 23.1 Å². The quantitative estimate of drug-likeness (QED) is 0.933. The lowest BCUT2D eigenvalue weighted by Gasteiger charge is -2.24. The highest BCUT2D eigenvalue weighted by Crippen LogP contribution is 2.11. The number of anilines is 1. The van der Waals surface area contributed by atoms with Crippen LogP contribution in [0, 0.1) is 0 Å². The van der Waals surface area contributed by atoms with Crippen LogP contribution in [-0.4, -0.2) is 51.7 Å². The highest BCUT2D eigenvalue weighted by molar-refractivity contribution is 5.71. The molecule has 0 saturated heterocycles. The molecule has 0 spiro atoms. The van der Waals surface area contributed by atoms with E-state index >= 15 is 0 Å². The maximum atomic E-state index is 11.8. The van der Waals surface area contributed by atoms with E-state index in [9.17, 15) is 4.79 Å². The third-order valence-corrected chi connectivity index (χ3v) is 2.79. The largest absolute Gasteiger partial charge is 0.444 e. The van der Waals surface area contributed by atoms with Crippen molar-refractivity contribution in [1.29, 1.82) is 0 Å². The summed E-state index contributed by atoms with van der Waals surface area (Å²) in [5, 5.41) is 3.16. The second-order valence-corrected chi connectivity index (χ2v) is 5.92. The van der Waals surface area contributed by atoms with Crippen molar-refractivity contribution < 1.29 is 9.53 Å². The van der Waals surface area contributed by atoms with Crippen LogP contribution in [0.15, 0.2) is 24.5 Å². The second kappa shape index (κ2) is 6.55. The molecule has 1 N–H and O–H groups in total. The summed E-state index contributed by atoms with van der Waals surface area (Å²) < 4.78 is 5.29. The molecule has 0 atom stereocenters. The number of nitrogens with one attached hydrogen (secondary N) is 1. The first-order chi connectivity index (χ1) is 10.3. The number of pyridine rings is 1. The summed E-state index contributed by atoms with van der Waals surface area (Å²) in [5.74, 6) is 0.700. The van der Waals surface area contributed by atoms with Crippen LogP contribution in [0.4, 0.5) is 10.6 Å². The van der Waals surface area contributed by atoms with Crippen LogP contribution in [-0.2, 0) is 4.74 Å². The Morgan fingerprint density at radius 1 is 1.27 bits per heavy atom. The molecule has 2 aromatic rings. The van der Waals surface area contributed by atoms with Gasteiger partial charge in [-0.1, -0.05) is 0 Å². The number of aromatic nitrogens is 3. The summed E-state index contributed by atoms with van der Waals surface area (Å²) in [7, 11) is 1.70. The van der Waals surface area contributed by atoms with Crippen LogP contribution in [0.5, 0.6) is 0 Å². The lowest BCUT2D eigenvalue weighted by molar-refractivity contribution is 0.0305. The van der Waals surface area contributed by atoms with Crippen molar-refractivity contribution in [1.82, 2.24) is 19.9 Å². The molecular weight excluding hydrogens is 282 g/mol. The van der Waals surface area contributed by atoms with Crippen LogP contribution in [0.25, 0.3) is 11.2 Å². The summed E-state index contributed by atoms with van der Waals surface area (Å²) in [6.45, 7) is 6.61. The van der Waals surface area contributed by atoms with Crippen molar-refractivity contribution in [2.24, 2.45) is 0 Å². The van der Waals surface area contributed by atoms with E-state index in [1.165, 1.54) is 4.90 Å². The molecule has 0 aliphatic rings. The highest BCUT2D eigenvalue weighted by atomic mass is 16.6. The van der Waals surface area contributed by atoms with E-state index in [0.29, 0.717) is 24.6 Å². The molecule has 0 aliphatic carbocycles. The van der Waals surface area contributed by atoms with Crippen LogP contribution in [0.2, 0.25) is 0 Å². The number of hydrogen-bond donors (Lipinski definition) is 1. The van der Waals surface area contributed by atoms with E-state index < -0.39 is 5.60 Å². The molecular formula is C15H21N5O2. The number of fused-ring (bicyclic) bond motifs is 1. The Kier molecular flexibility index (Phi) is 4.75. The molecule has 0 unspecified atom stereocenters. The van der Waals surface area contributed by atoms with Gasteiger partial charge in [0, 0.05) is 32.5 Å². The Bertz CT molecular complexity index is 654. The summed E-state index contributed by atoms with van der Waals surface area (Å²) in [6, 6.07) is 3.69. The fraction of sp³-hybridized carbons (Fsp3) is 0.467. The van der Waals surface area contributed by atoms with Gasteiger partial charge in [-0.2, -0.15) is 0 Å². The molecule has 0 saturated carbocycles. The molecule has 0 fully saturated rings. The van der Waals surface area contributed by atoms with E-state index in [2.05, 4.69) is 20.3 Å². The number of ether oxygens (including phenoxy) is 1. The van der Waals surface area contributed by atoms with Gasteiger partial charge in [0.1, 0.15) is 16.9 Å². The molecule has 2 rings (SSSR count). The van der Waals surface area contributed by atoms with Gasteiger partial charge in [-0.3, -0.25) is 4.98 Å². The first kappa shape index (κ1) is 15.9. The molecule has 7 nitrogen and oxygen atoms in total. The Morgan fingerprint density at radius 3 is 2.73 bits per heavy atom. The molecule has 0 aromatic carbocycles. The zero-order chi connectivity index (χ0) is 16.2. The topological polar surface area (TPSA) is 80.2 Å². The van der Waals surface area contributed by atoms with Gasteiger partial charge in [-0.15, -0.1) is 0 Å². The molecule has 1 amide bonds. The van der Waals surface area contributed by atoms with Gasteiger partial charge in [0.2, 0.25) is 0 Å². The molecule has 0 bridgehead atoms. The summed E-state index contributed by atoms with van der Waals surface area (Å²) >= 11 is 0. The van der Waals surface area contributed by atoms with Crippen LogP contribution in [0.3, 0.4) is 0 Å². The van der Waals surface area contributed by atoms with Gasteiger partial charge in [0.05, 0.1) is 0 Å². The molecule has 0 radical (unpaired) electrons. The van der Waals surface area contributed by atoms with Crippen LogP contribution < -0.4 is 5.32 Å². The smallest absolute Gasteiger partial charge is 0.410 e. The number of rotatable bonds is 4. The lowest BCUT2D eigenvalue weighted by Crippen LogP contribution is -2.36. The Morgan fingerprint density at radius 2 is 2.00 bits per heavy atom. The van der Waals surface area contributed by atoms with E-state index in [1.54, 1.807) is 19.4 Å². The summed E-state index contributed by atoms with van der Waals surface area (Å²) in [4.78, 5) is 26.0. The van der Waals surface area contributed by atoms with E-state index in [-0.39, 0.29) is 6.09 Å². The number of carbonyl (C=O) groups excluding carboxylic acids is 1. The number of nitrogens with zero attached hydrogens (tertiary/aromatic N) is 4. The molecule has 22 heavy (non-hydrogen) atoms. The fourth-order valence-corrected chi connectivity index (χ4v) is 1.74. The standard InChI is InChI=1S/C15H21N5O2/c1-15(2,3)22-14(21)20(4)10-9-17-12-6-5-11-13(19-12)18-8-7-16-11/h5-8H,9-10H2,1-4H3,(H,17,18,19).